The van der Waals surface area contributed by atoms with Gasteiger partial charge >= 0.3 is 0 Å². The molecule has 84 valence electrons. The summed E-state index contributed by atoms with van der Waals surface area (Å²) < 4.78 is 0. The van der Waals surface area contributed by atoms with Gasteiger partial charge < -0.3 is 16.2 Å². The van der Waals surface area contributed by atoms with Crippen LogP contribution in [0.25, 0.3) is 0 Å². The maximum absolute atomic E-state index is 8.55. The highest BCUT2D eigenvalue weighted by Crippen LogP contribution is 1.92. The molecule has 14 heavy (non-hydrogen) atoms. The molecule has 0 saturated heterocycles. The number of aliphatic hydroxyl groups excluding tert-OH is 1. The zero-order chi connectivity index (χ0) is 10.8. The van der Waals surface area contributed by atoms with E-state index in [2.05, 4.69) is 24.2 Å². The molecule has 4 heteroatoms. The topological polar surface area (TPSA) is 70.6 Å². The van der Waals surface area contributed by atoms with Crippen LogP contribution in [0.3, 0.4) is 0 Å². The van der Waals surface area contributed by atoms with Crippen LogP contribution in [-0.4, -0.2) is 30.8 Å². The number of aliphatic hydroxyl groups is 1. The van der Waals surface area contributed by atoms with Crippen LogP contribution < -0.4 is 11.1 Å². The molecule has 0 aromatic rings. The zero-order valence-corrected chi connectivity index (χ0v) is 9.29. The molecule has 4 N–H and O–H groups in total. The molecule has 0 aromatic heterocycles. The van der Waals surface area contributed by atoms with E-state index >= 15 is 0 Å². The second kappa shape index (κ2) is 8.81. The van der Waals surface area contributed by atoms with Gasteiger partial charge in [0.25, 0.3) is 0 Å². The molecule has 0 bridgehead atoms. The number of rotatable bonds is 7. The molecule has 0 aliphatic heterocycles. The average molecular weight is 201 g/mol. The van der Waals surface area contributed by atoms with Crippen LogP contribution in [0.1, 0.15) is 33.1 Å². The predicted octanol–water partition coefficient (Wildman–Crippen LogP) is 0.709. The molecule has 0 aliphatic carbocycles. The number of guanidine groups is 1. The summed E-state index contributed by atoms with van der Waals surface area (Å²) >= 11 is 0. The summed E-state index contributed by atoms with van der Waals surface area (Å²) in [6, 6.07) is 0. The van der Waals surface area contributed by atoms with E-state index in [9.17, 15) is 0 Å². The van der Waals surface area contributed by atoms with E-state index in [1.807, 2.05) is 0 Å². The Labute approximate surface area is 86.6 Å². The minimum Gasteiger partial charge on any atom is -0.396 e. The molecule has 0 saturated carbocycles. The van der Waals surface area contributed by atoms with Gasteiger partial charge in [-0.3, -0.25) is 4.99 Å². The Morgan fingerprint density at radius 1 is 1.36 bits per heavy atom. The maximum atomic E-state index is 8.55. The van der Waals surface area contributed by atoms with Gasteiger partial charge in [-0.15, -0.1) is 0 Å². The molecule has 0 unspecified atom stereocenters. The summed E-state index contributed by atoms with van der Waals surface area (Å²) in [5.74, 6) is 1.08. The minimum atomic E-state index is 0.275. The Morgan fingerprint density at radius 3 is 2.64 bits per heavy atom. The van der Waals surface area contributed by atoms with Gasteiger partial charge in [-0.1, -0.05) is 13.8 Å². The summed E-state index contributed by atoms with van der Waals surface area (Å²) in [5.41, 5.74) is 5.63. The molecule has 0 spiro atoms. The number of nitrogens with zero attached hydrogens (tertiary/aromatic N) is 1. The fourth-order valence-corrected chi connectivity index (χ4v) is 0.967. The van der Waals surface area contributed by atoms with Crippen molar-refractivity contribution in [1.82, 2.24) is 5.32 Å². The third-order valence-electron chi connectivity index (χ3n) is 1.77. The largest absolute Gasteiger partial charge is 0.396 e. The van der Waals surface area contributed by atoms with E-state index in [0.29, 0.717) is 11.9 Å². The summed E-state index contributed by atoms with van der Waals surface area (Å²) in [4.78, 5) is 4.18. The van der Waals surface area contributed by atoms with Crippen molar-refractivity contribution >= 4 is 5.96 Å². The van der Waals surface area contributed by atoms with E-state index in [1.165, 1.54) is 0 Å². The normalized spacial score (nSPS) is 12.1. The van der Waals surface area contributed by atoms with Gasteiger partial charge in [-0.05, 0) is 25.2 Å². The molecule has 0 atom stereocenters. The average Bonchev–Trinajstić information content (AvgIpc) is 2.14. The fourth-order valence-electron chi connectivity index (χ4n) is 0.967. The summed E-state index contributed by atoms with van der Waals surface area (Å²) in [6.07, 6.45) is 2.92. The van der Waals surface area contributed by atoms with Crippen LogP contribution in [0.2, 0.25) is 0 Å². The van der Waals surface area contributed by atoms with Crippen LogP contribution in [0.4, 0.5) is 0 Å². The first kappa shape index (κ1) is 13.2. The molecule has 0 heterocycles. The summed E-state index contributed by atoms with van der Waals surface area (Å²) in [5, 5.41) is 11.6. The monoisotopic (exact) mass is 201 g/mol. The van der Waals surface area contributed by atoms with Gasteiger partial charge in [0.2, 0.25) is 0 Å². The lowest BCUT2D eigenvalue weighted by Gasteiger charge is -2.05. The summed E-state index contributed by atoms with van der Waals surface area (Å²) in [6.45, 7) is 6.11. The van der Waals surface area contributed by atoms with Crippen LogP contribution in [-0.2, 0) is 0 Å². The SMILES string of the molecule is CC(C)CN=C(N)NCCCCCO. The quantitative estimate of drug-likeness (QED) is 0.323. The molecular formula is C10H23N3O. The highest BCUT2D eigenvalue weighted by Gasteiger charge is 1.93. The van der Waals surface area contributed by atoms with Crippen molar-refractivity contribution in [2.24, 2.45) is 16.6 Å². The molecule has 0 amide bonds. The molecule has 0 aliphatic rings. The number of aliphatic imine (C=N–C) groups is 1. The van der Waals surface area contributed by atoms with Crippen LogP contribution in [0.15, 0.2) is 4.99 Å². The second-order valence-electron chi connectivity index (χ2n) is 3.83. The van der Waals surface area contributed by atoms with Crippen LogP contribution in [0, 0.1) is 5.92 Å². The van der Waals surface area contributed by atoms with Crippen LogP contribution in [0.5, 0.6) is 0 Å². The van der Waals surface area contributed by atoms with E-state index in [-0.39, 0.29) is 6.61 Å². The number of hydrogen-bond donors (Lipinski definition) is 3. The number of nitrogens with two attached hydrogens (primary N) is 1. The van der Waals surface area contributed by atoms with E-state index < -0.39 is 0 Å². The molecule has 0 aromatic carbocycles. The number of hydrogen-bond acceptors (Lipinski definition) is 2. The number of nitrogens with one attached hydrogen (secondary N) is 1. The van der Waals surface area contributed by atoms with Gasteiger partial charge in [0.15, 0.2) is 5.96 Å². The first-order chi connectivity index (χ1) is 6.66. The Morgan fingerprint density at radius 2 is 2.07 bits per heavy atom. The molecule has 0 rings (SSSR count). The lowest BCUT2D eigenvalue weighted by molar-refractivity contribution is 0.283. The zero-order valence-electron chi connectivity index (χ0n) is 9.29. The van der Waals surface area contributed by atoms with E-state index in [0.717, 1.165) is 32.4 Å². The Kier molecular flexibility index (Phi) is 8.33. The molecule has 0 fully saturated rings. The second-order valence-corrected chi connectivity index (χ2v) is 3.83. The Balaban J connectivity index is 3.34. The standard InChI is InChI=1S/C10H23N3O/c1-9(2)8-13-10(11)12-6-4-3-5-7-14/h9,14H,3-8H2,1-2H3,(H3,11,12,13). The van der Waals surface area contributed by atoms with Crippen molar-refractivity contribution in [2.75, 3.05) is 19.7 Å². The highest BCUT2D eigenvalue weighted by molar-refractivity contribution is 5.77. The van der Waals surface area contributed by atoms with Gasteiger partial charge in [-0.2, -0.15) is 0 Å². The van der Waals surface area contributed by atoms with Crippen molar-refractivity contribution < 1.29 is 5.11 Å². The van der Waals surface area contributed by atoms with Crippen molar-refractivity contribution in [3.05, 3.63) is 0 Å². The van der Waals surface area contributed by atoms with Gasteiger partial charge in [0.1, 0.15) is 0 Å². The highest BCUT2D eigenvalue weighted by atomic mass is 16.2. The van der Waals surface area contributed by atoms with Crippen molar-refractivity contribution in [2.45, 2.75) is 33.1 Å². The smallest absolute Gasteiger partial charge is 0.188 e. The van der Waals surface area contributed by atoms with Crippen LogP contribution >= 0.6 is 0 Å². The first-order valence-electron chi connectivity index (χ1n) is 5.31. The third kappa shape index (κ3) is 9.32. The van der Waals surface area contributed by atoms with Gasteiger partial charge in [-0.25, -0.2) is 0 Å². The van der Waals surface area contributed by atoms with Crippen molar-refractivity contribution in [3.8, 4) is 0 Å². The summed E-state index contributed by atoms with van der Waals surface area (Å²) in [7, 11) is 0. The first-order valence-corrected chi connectivity index (χ1v) is 5.31. The molecular weight excluding hydrogens is 178 g/mol. The lowest BCUT2D eigenvalue weighted by Crippen LogP contribution is -2.32. The Bertz CT molecular complexity index is 157. The van der Waals surface area contributed by atoms with E-state index in [4.69, 9.17) is 10.8 Å². The van der Waals surface area contributed by atoms with Crippen molar-refractivity contribution in [3.63, 3.8) is 0 Å². The number of unbranched alkanes of at least 4 members (excludes halogenated alkanes) is 2. The van der Waals surface area contributed by atoms with Gasteiger partial charge in [0, 0.05) is 19.7 Å². The van der Waals surface area contributed by atoms with E-state index in [1.54, 1.807) is 0 Å². The fraction of sp³-hybridized carbons (Fsp3) is 0.900. The maximum Gasteiger partial charge on any atom is 0.188 e. The van der Waals surface area contributed by atoms with Gasteiger partial charge in [0.05, 0.1) is 0 Å². The third-order valence-corrected chi connectivity index (χ3v) is 1.77. The molecule has 0 radical (unpaired) electrons. The lowest BCUT2D eigenvalue weighted by atomic mass is 10.2. The Hall–Kier alpha value is -0.770. The minimum absolute atomic E-state index is 0.275. The molecule has 4 nitrogen and oxygen atoms in total. The van der Waals surface area contributed by atoms with Crippen molar-refractivity contribution in [1.29, 1.82) is 0 Å². The predicted molar refractivity (Wildman–Crippen MR) is 60.3 cm³/mol.